The summed E-state index contributed by atoms with van der Waals surface area (Å²) in [5.41, 5.74) is 0.755. The van der Waals surface area contributed by atoms with Crippen LogP contribution in [0.3, 0.4) is 0 Å². The van der Waals surface area contributed by atoms with Gasteiger partial charge in [0, 0.05) is 38.3 Å². The third-order valence-corrected chi connectivity index (χ3v) is 2.87. The van der Waals surface area contributed by atoms with Crippen LogP contribution in [0, 0.1) is 0 Å². The summed E-state index contributed by atoms with van der Waals surface area (Å²) in [6, 6.07) is 9.34. The normalized spacial score (nSPS) is 17.0. The van der Waals surface area contributed by atoms with Crippen molar-refractivity contribution in [2.24, 2.45) is 0 Å². The maximum atomic E-state index is 11.9. The molecule has 2 rings (SSSR count). The first kappa shape index (κ1) is 13.3. The Kier molecular flexibility index (Phi) is 5.39. The number of ketones is 1. The monoisotopic (exact) mass is 247 g/mol. The van der Waals surface area contributed by atoms with Gasteiger partial charge in [0.05, 0.1) is 0 Å². The minimum Gasteiger partial charge on any atom is -0.410 e. The van der Waals surface area contributed by atoms with E-state index in [1.165, 1.54) is 0 Å². The van der Waals surface area contributed by atoms with Crippen molar-refractivity contribution < 1.29 is 14.1 Å². The highest BCUT2D eigenvalue weighted by molar-refractivity contribution is 6.44. The molecule has 1 saturated heterocycles. The van der Waals surface area contributed by atoms with E-state index in [0.717, 1.165) is 18.7 Å². The molecule has 0 radical (unpaired) electrons. The van der Waals surface area contributed by atoms with Crippen LogP contribution in [0.5, 0.6) is 0 Å². The van der Waals surface area contributed by atoms with Crippen molar-refractivity contribution >= 4 is 12.9 Å². The number of hydrogen-bond acceptors (Lipinski definition) is 4. The second-order valence-electron chi connectivity index (χ2n) is 4.25. The van der Waals surface area contributed by atoms with E-state index >= 15 is 0 Å². The molecule has 1 heterocycles. The first-order valence-electron chi connectivity index (χ1n) is 6.38. The zero-order chi connectivity index (χ0) is 12.6. The molecule has 1 aromatic rings. The largest absolute Gasteiger partial charge is 0.457 e. The summed E-state index contributed by atoms with van der Waals surface area (Å²) in [6.45, 7) is 2.94. The second kappa shape index (κ2) is 7.31. The molecular weight excluding hydrogens is 229 g/mol. The summed E-state index contributed by atoms with van der Waals surface area (Å²) >= 11 is 0. The van der Waals surface area contributed by atoms with E-state index in [9.17, 15) is 4.79 Å². The molecule has 0 saturated carbocycles. The molecule has 1 aliphatic heterocycles. The Labute approximate surface area is 108 Å². The van der Waals surface area contributed by atoms with Crippen molar-refractivity contribution in [2.75, 3.05) is 26.3 Å². The average molecular weight is 247 g/mol. The highest BCUT2D eigenvalue weighted by Gasteiger charge is 2.21. The van der Waals surface area contributed by atoms with Gasteiger partial charge in [0.25, 0.3) is 0 Å². The minimum atomic E-state index is -0.250. The maximum absolute atomic E-state index is 11.9. The molecule has 0 aliphatic carbocycles. The molecule has 1 N–H and O–H groups in total. The van der Waals surface area contributed by atoms with E-state index in [1.54, 1.807) is 0 Å². The zero-order valence-electron chi connectivity index (χ0n) is 10.4. The summed E-state index contributed by atoms with van der Waals surface area (Å²) in [6.07, 6.45) is 1.08. The fourth-order valence-electron chi connectivity index (χ4n) is 1.88. The van der Waals surface area contributed by atoms with E-state index in [-0.39, 0.29) is 12.9 Å². The third-order valence-electron chi connectivity index (χ3n) is 2.87. The Hall–Kier alpha value is -1.17. The minimum absolute atomic E-state index is 0.142. The highest BCUT2D eigenvalue weighted by Crippen LogP contribution is 2.09. The van der Waals surface area contributed by atoms with Crippen LogP contribution in [0.15, 0.2) is 30.3 Å². The van der Waals surface area contributed by atoms with Crippen molar-refractivity contribution in [1.29, 1.82) is 0 Å². The second-order valence-corrected chi connectivity index (χ2v) is 4.25. The molecule has 0 aromatic heterocycles. The van der Waals surface area contributed by atoms with Gasteiger partial charge < -0.3 is 14.6 Å². The molecule has 1 aliphatic rings. The third kappa shape index (κ3) is 4.25. The molecule has 0 spiro atoms. The predicted octanol–water partition coefficient (Wildman–Crippen LogP) is 1.38. The lowest BCUT2D eigenvalue weighted by molar-refractivity contribution is 0.0981. The molecule has 4 nitrogen and oxygen atoms in total. The molecule has 96 valence electrons. The van der Waals surface area contributed by atoms with Crippen LogP contribution in [-0.4, -0.2) is 39.2 Å². The van der Waals surface area contributed by atoms with Crippen molar-refractivity contribution in [3.05, 3.63) is 35.9 Å². The van der Waals surface area contributed by atoms with Crippen LogP contribution in [0.4, 0.5) is 0 Å². The Bertz CT molecular complexity index is 364. The molecule has 0 unspecified atom stereocenters. The molecule has 0 atom stereocenters. The van der Waals surface area contributed by atoms with Gasteiger partial charge in [0.2, 0.25) is 0 Å². The number of nitrogens with one attached hydrogen (secondary N) is 1. The van der Waals surface area contributed by atoms with Crippen LogP contribution in [0.2, 0.25) is 6.32 Å². The van der Waals surface area contributed by atoms with Crippen molar-refractivity contribution in [2.45, 2.75) is 12.7 Å². The fourth-order valence-corrected chi connectivity index (χ4v) is 1.88. The van der Waals surface area contributed by atoms with Crippen LogP contribution < -0.4 is 5.32 Å². The van der Waals surface area contributed by atoms with Gasteiger partial charge in [-0.3, -0.25) is 4.79 Å². The maximum Gasteiger partial charge on any atom is 0.457 e. The van der Waals surface area contributed by atoms with Crippen LogP contribution >= 0.6 is 0 Å². The van der Waals surface area contributed by atoms with E-state index in [0.29, 0.717) is 26.0 Å². The Morgan fingerprint density at radius 1 is 1.17 bits per heavy atom. The van der Waals surface area contributed by atoms with Gasteiger partial charge in [0.15, 0.2) is 5.78 Å². The van der Waals surface area contributed by atoms with Gasteiger partial charge in [-0.15, -0.1) is 0 Å². The first-order valence-corrected chi connectivity index (χ1v) is 6.38. The van der Waals surface area contributed by atoms with Gasteiger partial charge in [0.1, 0.15) is 0 Å². The SMILES string of the molecule is O=C(CCB1OCCNCCO1)c1ccccc1. The number of Topliss-reactive ketones (excluding diaryl/α,β-unsaturated/α-hetero) is 1. The molecule has 18 heavy (non-hydrogen) atoms. The van der Waals surface area contributed by atoms with Gasteiger partial charge in [-0.05, 0) is 6.32 Å². The summed E-state index contributed by atoms with van der Waals surface area (Å²) in [4.78, 5) is 11.9. The van der Waals surface area contributed by atoms with E-state index in [4.69, 9.17) is 9.31 Å². The Balaban J connectivity index is 1.78. The number of benzene rings is 1. The molecular formula is C13H18BNO3. The van der Waals surface area contributed by atoms with Gasteiger partial charge >= 0.3 is 7.12 Å². The van der Waals surface area contributed by atoms with Gasteiger partial charge in [-0.1, -0.05) is 30.3 Å². The quantitative estimate of drug-likeness (QED) is 0.645. The van der Waals surface area contributed by atoms with Crippen LogP contribution in [-0.2, 0) is 9.31 Å². The standard InChI is InChI=1S/C13H18BNO3/c16-13(12-4-2-1-3-5-12)6-7-14-17-10-8-15-9-11-18-14/h1-5,15H,6-11H2. The van der Waals surface area contributed by atoms with Gasteiger partial charge in [-0.25, -0.2) is 0 Å². The molecule has 5 heteroatoms. The van der Waals surface area contributed by atoms with E-state index in [1.807, 2.05) is 30.3 Å². The zero-order valence-corrected chi connectivity index (χ0v) is 10.4. The Morgan fingerprint density at radius 2 is 1.83 bits per heavy atom. The number of carbonyl (C=O) groups excluding carboxylic acids is 1. The summed E-state index contributed by atoms with van der Waals surface area (Å²) in [5, 5.41) is 3.18. The topological polar surface area (TPSA) is 47.6 Å². The summed E-state index contributed by atoms with van der Waals surface area (Å²) in [5.74, 6) is 0.142. The lowest BCUT2D eigenvalue weighted by Gasteiger charge is -2.18. The number of hydrogen-bond donors (Lipinski definition) is 1. The molecule has 1 fully saturated rings. The lowest BCUT2D eigenvalue weighted by Crippen LogP contribution is -2.35. The Morgan fingerprint density at radius 3 is 2.50 bits per heavy atom. The average Bonchev–Trinajstić information content (AvgIpc) is 2.38. The summed E-state index contributed by atoms with van der Waals surface area (Å²) < 4.78 is 11.1. The molecule has 1 aromatic carbocycles. The van der Waals surface area contributed by atoms with Crippen molar-refractivity contribution in [3.8, 4) is 0 Å². The van der Waals surface area contributed by atoms with Crippen LogP contribution in [0.25, 0.3) is 0 Å². The first-order chi connectivity index (χ1) is 8.86. The number of rotatable bonds is 4. The predicted molar refractivity (Wildman–Crippen MR) is 70.7 cm³/mol. The van der Waals surface area contributed by atoms with Crippen molar-refractivity contribution in [3.63, 3.8) is 0 Å². The molecule has 0 amide bonds. The lowest BCUT2D eigenvalue weighted by atomic mass is 9.81. The highest BCUT2D eigenvalue weighted by atomic mass is 16.6. The smallest absolute Gasteiger partial charge is 0.410 e. The fraction of sp³-hybridized carbons (Fsp3) is 0.462. The van der Waals surface area contributed by atoms with Crippen LogP contribution in [0.1, 0.15) is 16.8 Å². The van der Waals surface area contributed by atoms with E-state index < -0.39 is 0 Å². The number of carbonyl (C=O) groups is 1. The van der Waals surface area contributed by atoms with E-state index in [2.05, 4.69) is 5.32 Å². The molecule has 0 bridgehead atoms. The summed E-state index contributed by atoms with van der Waals surface area (Å²) in [7, 11) is -0.250. The van der Waals surface area contributed by atoms with Gasteiger partial charge in [-0.2, -0.15) is 0 Å². The van der Waals surface area contributed by atoms with Crippen molar-refractivity contribution in [1.82, 2.24) is 5.32 Å².